The molecule has 0 bridgehead atoms. The van der Waals surface area contributed by atoms with Crippen LogP contribution in [0.2, 0.25) is 0 Å². The number of halogens is 2. The first-order valence-electron chi connectivity index (χ1n) is 5.38. The van der Waals surface area contributed by atoms with Gasteiger partial charge in [-0.15, -0.1) is 0 Å². The van der Waals surface area contributed by atoms with Gasteiger partial charge in [-0.2, -0.15) is 0 Å². The highest BCUT2D eigenvalue weighted by Crippen LogP contribution is 2.20. The predicted molar refractivity (Wildman–Crippen MR) is 67.7 cm³/mol. The molecule has 0 aliphatic heterocycles. The fourth-order valence-electron chi connectivity index (χ4n) is 1.60. The minimum Gasteiger partial charge on any atom is -0.481 e. The molecule has 6 heteroatoms. The summed E-state index contributed by atoms with van der Waals surface area (Å²) in [4.78, 5) is 21.0. The smallest absolute Gasteiger partial charge is 0.303 e. The van der Waals surface area contributed by atoms with Crippen LogP contribution < -0.4 is 5.32 Å². The van der Waals surface area contributed by atoms with Crippen LogP contribution in [0.1, 0.15) is 18.4 Å². The van der Waals surface area contributed by atoms with Crippen LogP contribution >= 0.6 is 15.9 Å². The fraction of sp³-hybridized carbons (Fsp3) is 0.333. The zero-order valence-electron chi connectivity index (χ0n) is 9.53. The minimum absolute atomic E-state index is 0.0432. The van der Waals surface area contributed by atoms with Crippen molar-refractivity contribution in [2.45, 2.75) is 25.3 Å². The number of amides is 1. The number of benzene rings is 1. The minimum atomic E-state index is -0.925. The monoisotopic (exact) mass is 317 g/mol. The van der Waals surface area contributed by atoms with E-state index in [2.05, 4.69) is 21.2 Å². The van der Waals surface area contributed by atoms with Gasteiger partial charge in [0.15, 0.2) is 0 Å². The van der Waals surface area contributed by atoms with Crippen LogP contribution in [0.5, 0.6) is 0 Å². The first-order valence-corrected chi connectivity index (χ1v) is 6.17. The van der Waals surface area contributed by atoms with Gasteiger partial charge in [-0.05, 0) is 36.6 Å². The molecule has 1 aromatic rings. The summed E-state index contributed by atoms with van der Waals surface area (Å²) in [6.45, 7) is 0. The quantitative estimate of drug-likeness (QED) is 0.757. The van der Waals surface area contributed by atoms with Gasteiger partial charge >= 0.3 is 5.97 Å². The molecule has 1 aromatic carbocycles. The topological polar surface area (TPSA) is 66.4 Å². The van der Waals surface area contributed by atoms with Gasteiger partial charge in [0.2, 0.25) is 6.41 Å². The van der Waals surface area contributed by atoms with Crippen LogP contribution in [-0.2, 0) is 16.0 Å². The van der Waals surface area contributed by atoms with Gasteiger partial charge in [-0.25, -0.2) is 4.39 Å². The van der Waals surface area contributed by atoms with E-state index in [1.165, 1.54) is 12.1 Å². The summed E-state index contributed by atoms with van der Waals surface area (Å²) in [5, 5.41) is 11.2. The second-order valence-corrected chi connectivity index (χ2v) is 4.71. The Morgan fingerprint density at radius 3 is 2.89 bits per heavy atom. The van der Waals surface area contributed by atoms with Gasteiger partial charge in [-0.3, -0.25) is 9.59 Å². The number of nitrogens with one attached hydrogen (secondary N) is 1. The Balaban J connectivity index is 2.72. The van der Waals surface area contributed by atoms with Crippen molar-refractivity contribution in [2.24, 2.45) is 0 Å². The zero-order chi connectivity index (χ0) is 13.5. The average molecular weight is 318 g/mol. The third-order valence-corrected chi connectivity index (χ3v) is 3.26. The summed E-state index contributed by atoms with van der Waals surface area (Å²) in [5.74, 6) is -1.29. The molecule has 18 heavy (non-hydrogen) atoms. The van der Waals surface area contributed by atoms with E-state index in [1.807, 2.05) is 0 Å². The summed E-state index contributed by atoms with van der Waals surface area (Å²) in [6, 6.07) is 3.95. The number of carboxylic acid groups (broad SMARTS) is 1. The summed E-state index contributed by atoms with van der Waals surface area (Å²) in [7, 11) is 0. The highest BCUT2D eigenvalue weighted by Gasteiger charge is 2.13. The van der Waals surface area contributed by atoms with E-state index in [1.54, 1.807) is 6.07 Å². The van der Waals surface area contributed by atoms with Crippen molar-refractivity contribution in [3.05, 3.63) is 34.1 Å². The van der Waals surface area contributed by atoms with Gasteiger partial charge < -0.3 is 10.4 Å². The maximum absolute atomic E-state index is 13.1. The second kappa shape index (κ2) is 7.10. The molecule has 0 saturated carbocycles. The second-order valence-electron chi connectivity index (χ2n) is 3.85. The molecule has 0 aromatic heterocycles. The van der Waals surface area contributed by atoms with E-state index in [-0.39, 0.29) is 18.3 Å². The number of hydrogen-bond donors (Lipinski definition) is 2. The van der Waals surface area contributed by atoms with Crippen molar-refractivity contribution in [3.63, 3.8) is 0 Å². The van der Waals surface area contributed by atoms with Gasteiger partial charge in [0.25, 0.3) is 0 Å². The van der Waals surface area contributed by atoms with Crippen LogP contribution in [0.4, 0.5) is 4.39 Å². The molecule has 0 heterocycles. The molecule has 1 unspecified atom stereocenters. The molecular formula is C12H13BrFNO3. The lowest BCUT2D eigenvalue weighted by Gasteiger charge is -2.16. The molecule has 0 fully saturated rings. The van der Waals surface area contributed by atoms with E-state index < -0.39 is 5.97 Å². The van der Waals surface area contributed by atoms with Gasteiger partial charge in [0.1, 0.15) is 5.82 Å². The molecule has 1 amide bonds. The van der Waals surface area contributed by atoms with Crippen LogP contribution in [0.3, 0.4) is 0 Å². The third kappa shape index (κ3) is 4.83. The van der Waals surface area contributed by atoms with E-state index >= 15 is 0 Å². The zero-order valence-corrected chi connectivity index (χ0v) is 11.1. The average Bonchev–Trinajstić information content (AvgIpc) is 2.31. The summed E-state index contributed by atoms with van der Waals surface area (Å²) < 4.78 is 13.8. The number of carbonyl (C=O) groups is 2. The SMILES string of the molecule is O=CNC(CCC(=O)O)Cc1cc(F)ccc1Br. The summed E-state index contributed by atoms with van der Waals surface area (Å²) >= 11 is 3.29. The van der Waals surface area contributed by atoms with Gasteiger partial charge in [-0.1, -0.05) is 15.9 Å². The lowest BCUT2D eigenvalue weighted by atomic mass is 10.0. The van der Waals surface area contributed by atoms with Crippen LogP contribution in [0.15, 0.2) is 22.7 Å². The Hall–Kier alpha value is -1.43. The first-order chi connectivity index (χ1) is 8.52. The van der Waals surface area contributed by atoms with Crippen LogP contribution in [0.25, 0.3) is 0 Å². The molecule has 0 saturated heterocycles. The largest absolute Gasteiger partial charge is 0.481 e. The Labute approximate surface area is 112 Å². The maximum Gasteiger partial charge on any atom is 0.303 e. The number of hydrogen-bond acceptors (Lipinski definition) is 2. The third-order valence-electron chi connectivity index (χ3n) is 2.48. The molecule has 2 N–H and O–H groups in total. The molecule has 98 valence electrons. The van der Waals surface area contributed by atoms with Crippen molar-refractivity contribution < 1.29 is 19.1 Å². The highest BCUT2D eigenvalue weighted by molar-refractivity contribution is 9.10. The van der Waals surface area contributed by atoms with Crippen LogP contribution in [0, 0.1) is 5.82 Å². The van der Waals surface area contributed by atoms with E-state index in [0.717, 1.165) is 4.47 Å². The molecule has 1 atom stereocenters. The maximum atomic E-state index is 13.1. The van der Waals surface area contributed by atoms with Crippen molar-refractivity contribution in [1.82, 2.24) is 5.32 Å². The number of rotatable bonds is 7. The van der Waals surface area contributed by atoms with Gasteiger partial charge in [0.05, 0.1) is 0 Å². The lowest BCUT2D eigenvalue weighted by Crippen LogP contribution is -2.30. The standard InChI is InChI=1S/C12H13BrFNO3/c13-11-3-1-9(14)5-8(11)6-10(15-7-16)2-4-12(17)18/h1,3,5,7,10H,2,4,6H2,(H,15,16)(H,17,18). The molecule has 1 rings (SSSR count). The van der Waals surface area contributed by atoms with Crippen molar-refractivity contribution in [3.8, 4) is 0 Å². The Morgan fingerprint density at radius 2 is 2.28 bits per heavy atom. The normalized spacial score (nSPS) is 11.9. The predicted octanol–water partition coefficient (Wildman–Crippen LogP) is 2.11. The summed E-state index contributed by atoms with van der Waals surface area (Å²) in [5.41, 5.74) is 0.694. The molecule has 0 aliphatic rings. The van der Waals surface area contributed by atoms with Crippen molar-refractivity contribution in [2.75, 3.05) is 0 Å². The van der Waals surface area contributed by atoms with Crippen LogP contribution in [-0.4, -0.2) is 23.5 Å². The number of carboxylic acids is 1. The Kier molecular flexibility index (Phi) is 5.77. The van der Waals surface area contributed by atoms with Crippen molar-refractivity contribution >= 4 is 28.3 Å². The summed E-state index contributed by atoms with van der Waals surface area (Å²) in [6.07, 6.45) is 1.17. The van der Waals surface area contributed by atoms with Gasteiger partial charge in [0, 0.05) is 16.9 Å². The first kappa shape index (κ1) is 14.6. The van der Waals surface area contributed by atoms with E-state index in [0.29, 0.717) is 24.8 Å². The van der Waals surface area contributed by atoms with E-state index in [9.17, 15) is 14.0 Å². The molecule has 4 nitrogen and oxygen atoms in total. The molecular weight excluding hydrogens is 305 g/mol. The van der Waals surface area contributed by atoms with E-state index in [4.69, 9.17) is 5.11 Å². The number of carbonyl (C=O) groups excluding carboxylic acids is 1. The Morgan fingerprint density at radius 1 is 1.56 bits per heavy atom. The molecule has 0 radical (unpaired) electrons. The molecule has 0 aliphatic carbocycles. The lowest BCUT2D eigenvalue weighted by molar-refractivity contribution is -0.137. The highest BCUT2D eigenvalue weighted by atomic mass is 79.9. The number of aliphatic carboxylic acids is 1. The Bertz CT molecular complexity index is 439. The van der Waals surface area contributed by atoms with Crippen molar-refractivity contribution in [1.29, 1.82) is 0 Å². The fourth-order valence-corrected chi connectivity index (χ4v) is 2.01. The molecule has 0 spiro atoms.